The molecule has 0 N–H and O–H groups in total. The average Bonchev–Trinajstić information content (AvgIpc) is 2.30. The molecular formula is C14H22O3. The van der Waals surface area contributed by atoms with Crippen LogP contribution in [0.1, 0.15) is 19.4 Å². The molecule has 0 atom stereocenters. The molecule has 0 spiro atoms. The smallest absolute Gasteiger partial charge is 0.146 e. The minimum atomic E-state index is 0.343. The van der Waals surface area contributed by atoms with E-state index in [4.69, 9.17) is 14.2 Å². The van der Waals surface area contributed by atoms with Crippen molar-refractivity contribution in [2.45, 2.75) is 20.8 Å². The van der Waals surface area contributed by atoms with E-state index in [1.54, 1.807) is 0 Å². The van der Waals surface area contributed by atoms with E-state index in [1.165, 1.54) is 5.56 Å². The Balaban J connectivity index is 1.99. The molecule has 3 heteroatoms. The molecule has 0 amide bonds. The third-order valence-electron chi connectivity index (χ3n) is 2.14. The largest absolute Gasteiger partial charge is 0.491 e. The molecule has 1 rings (SSSR count). The predicted octanol–water partition coefficient (Wildman–Crippen LogP) is 3.02. The second kappa shape index (κ2) is 8.09. The van der Waals surface area contributed by atoms with Gasteiger partial charge in [0.25, 0.3) is 0 Å². The summed E-state index contributed by atoms with van der Waals surface area (Å²) in [5.74, 6) is 1.42. The first-order chi connectivity index (χ1) is 8.18. The lowest BCUT2D eigenvalue weighted by atomic mass is 10.2. The van der Waals surface area contributed by atoms with E-state index in [9.17, 15) is 0 Å². The van der Waals surface area contributed by atoms with Gasteiger partial charge < -0.3 is 14.2 Å². The van der Waals surface area contributed by atoms with Crippen molar-refractivity contribution in [2.24, 2.45) is 5.92 Å². The molecule has 0 fully saturated rings. The van der Waals surface area contributed by atoms with Gasteiger partial charge in [0.2, 0.25) is 0 Å². The molecule has 0 bridgehead atoms. The summed E-state index contributed by atoms with van der Waals surface area (Å²) in [6.45, 7) is 8.45. The lowest BCUT2D eigenvalue weighted by Gasteiger charge is -2.09. The van der Waals surface area contributed by atoms with Crippen molar-refractivity contribution in [1.82, 2.24) is 0 Å². The molecular weight excluding hydrogens is 216 g/mol. The second-order valence-corrected chi connectivity index (χ2v) is 4.45. The minimum absolute atomic E-state index is 0.343. The van der Waals surface area contributed by atoms with E-state index in [2.05, 4.69) is 20.8 Å². The van der Waals surface area contributed by atoms with Gasteiger partial charge in [0, 0.05) is 0 Å². The van der Waals surface area contributed by atoms with Crippen LogP contribution in [0.3, 0.4) is 0 Å². The maximum Gasteiger partial charge on any atom is 0.146 e. The van der Waals surface area contributed by atoms with Crippen molar-refractivity contribution >= 4 is 0 Å². The third kappa shape index (κ3) is 6.97. The number of rotatable bonds is 8. The molecule has 0 aliphatic rings. The first-order valence-corrected chi connectivity index (χ1v) is 6.03. The van der Waals surface area contributed by atoms with Gasteiger partial charge in [0.05, 0.1) is 13.2 Å². The number of benzene rings is 1. The van der Waals surface area contributed by atoms with Crippen molar-refractivity contribution in [2.75, 3.05) is 26.6 Å². The number of hydrogen-bond acceptors (Lipinski definition) is 3. The molecule has 0 aliphatic heterocycles. The third-order valence-corrected chi connectivity index (χ3v) is 2.14. The van der Waals surface area contributed by atoms with E-state index in [0.717, 1.165) is 12.4 Å². The molecule has 0 aromatic heterocycles. The Labute approximate surface area is 104 Å². The van der Waals surface area contributed by atoms with Gasteiger partial charge in [-0.25, -0.2) is 0 Å². The Bertz CT molecular complexity index is 293. The van der Waals surface area contributed by atoms with Crippen LogP contribution >= 0.6 is 0 Å². The van der Waals surface area contributed by atoms with Crippen molar-refractivity contribution in [1.29, 1.82) is 0 Å². The molecule has 3 nitrogen and oxygen atoms in total. The highest BCUT2D eigenvalue weighted by Crippen LogP contribution is 2.10. The second-order valence-electron chi connectivity index (χ2n) is 4.45. The van der Waals surface area contributed by atoms with E-state index >= 15 is 0 Å². The molecule has 0 saturated carbocycles. The molecule has 0 radical (unpaired) electrons. The summed E-state index contributed by atoms with van der Waals surface area (Å²) in [5, 5.41) is 0. The molecule has 0 saturated heterocycles. The van der Waals surface area contributed by atoms with Gasteiger partial charge in [-0.05, 0) is 25.0 Å². The fourth-order valence-corrected chi connectivity index (χ4v) is 1.25. The Morgan fingerprint density at radius 2 is 1.71 bits per heavy atom. The molecule has 0 heterocycles. The summed E-state index contributed by atoms with van der Waals surface area (Å²) < 4.78 is 16.1. The van der Waals surface area contributed by atoms with Crippen LogP contribution in [-0.4, -0.2) is 26.6 Å². The maximum absolute atomic E-state index is 5.51. The SMILES string of the molecule is Cc1ccc(OCCOCOCC(C)C)cc1. The Kier molecular flexibility index (Phi) is 6.67. The van der Waals surface area contributed by atoms with Gasteiger partial charge in [-0.1, -0.05) is 31.5 Å². The van der Waals surface area contributed by atoms with E-state index in [0.29, 0.717) is 25.9 Å². The number of ether oxygens (including phenoxy) is 3. The Hall–Kier alpha value is -1.06. The molecule has 0 aliphatic carbocycles. The van der Waals surface area contributed by atoms with Gasteiger partial charge in [-0.15, -0.1) is 0 Å². The lowest BCUT2D eigenvalue weighted by Crippen LogP contribution is -2.11. The van der Waals surface area contributed by atoms with Crippen LogP contribution in [0.15, 0.2) is 24.3 Å². The molecule has 1 aromatic carbocycles. The zero-order chi connectivity index (χ0) is 12.5. The Morgan fingerprint density at radius 3 is 2.35 bits per heavy atom. The van der Waals surface area contributed by atoms with E-state index < -0.39 is 0 Å². The van der Waals surface area contributed by atoms with Crippen LogP contribution in [0.25, 0.3) is 0 Å². The fraction of sp³-hybridized carbons (Fsp3) is 0.571. The summed E-state index contributed by atoms with van der Waals surface area (Å²) in [6.07, 6.45) is 0. The first kappa shape index (κ1) is 14.0. The van der Waals surface area contributed by atoms with Crippen LogP contribution in [0.2, 0.25) is 0 Å². The topological polar surface area (TPSA) is 27.7 Å². The molecule has 96 valence electrons. The van der Waals surface area contributed by atoms with Crippen molar-refractivity contribution in [3.63, 3.8) is 0 Å². The van der Waals surface area contributed by atoms with Crippen LogP contribution in [-0.2, 0) is 9.47 Å². The van der Waals surface area contributed by atoms with Gasteiger partial charge in [-0.3, -0.25) is 0 Å². The highest BCUT2D eigenvalue weighted by Gasteiger charge is 1.95. The zero-order valence-corrected chi connectivity index (χ0v) is 10.9. The predicted molar refractivity (Wildman–Crippen MR) is 68.3 cm³/mol. The highest BCUT2D eigenvalue weighted by atomic mass is 16.7. The van der Waals surface area contributed by atoms with Crippen molar-refractivity contribution in [3.8, 4) is 5.75 Å². The first-order valence-electron chi connectivity index (χ1n) is 6.03. The summed E-state index contributed by atoms with van der Waals surface area (Å²) in [4.78, 5) is 0. The summed E-state index contributed by atoms with van der Waals surface area (Å²) >= 11 is 0. The maximum atomic E-state index is 5.51. The van der Waals surface area contributed by atoms with E-state index in [-0.39, 0.29) is 0 Å². The molecule has 1 aromatic rings. The van der Waals surface area contributed by atoms with Crippen LogP contribution in [0.5, 0.6) is 5.75 Å². The van der Waals surface area contributed by atoms with Crippen LogP contribution in [0, 0.1) is 12.8 Å². The average molecular weight is 238 g/mol. The molecule has 0 unspecified atom stereocenters. The summed E-state index contributed by atoms with van der Waals surface area (Å²) in [5.41, 5.74) is 1.23. The van der Waals surface area contributed by atoms with Gasteiger partial charge in [0.15, 0.2) is 0 Å². The molecule has 17 heavy (non-hydrogen) atoms. The lowest BCUT2D eigenvalue weighted by molar-refractivity contribution is -0.0674. The standard InChI is InChI=1S/C14H22O3/c1-12(2)10-16-11-15-8-9-17-14-6-4-13(3)5-7-14/h4-7,12H,8-11H2,1-3H3. The summed E-state index contributed by atoms with van der Waals surface area (Å²) in [6, 6.07) is 7.99. The zero-order valence-electron chi connectivity index (χ0n) is 10.9. The van der Waals surface area contributed by atoms with Crippen molar-refractivity contribution in [3.05, 3.63) is 29.8 Å². The summed E-state index contributed by atoms with van der Waals surface area (Å²) in [7, 11) is 0. The van der Waals surface area contributed by atoms with Crippen LogP contribution in [0.4, 0.5) is 0 Å². The monoisotopic (exact) mass is 238 g/mol. The van der Waals surface area contributed by atoms with Crippen LogP contribution < -0.4 is 4.74 Å². The van der Waals surface area contributed by atoms with Crippen molar-refractivity contribution < 1.29 is 14.2 Å². The highest BCUT2D eigenvalue weighted by molar-refractivity contribution is 5.26. The van der Waals surface area contributed by atoms with Gasteiger partial charge in [0.1, 0.15) is 19.1 Å². The quantitative estimate of drug-likeness (QED) is 0.514. The number of aryl methyl sites for hydroxylation is 1. The fourth-order valence-electron chi connectivity index (χ4n) is 1.25. The van der Waals surface area contributed by atoms with Gasteiger partial charge in [-0.2, -0.15) is 0 Å². The number of hydrogen-bond donors (Lipinski definition) is 0. The normalized spacial score (nSPS) is 10.8. The van der Waals surface area contributed by atoms with E-state index in [1.807, 2.05) is 24.3 Å². The Morgan fingerprint density at radius 1 is 1.00 bits per heavy atom. The van der Waals surface area contributed by atoms with Gasteiger partial charge >= 0.3 is 0 Å². The minimum Gasteiger partial charge on any atom is -0.491 e.